The van der Waals surface area contributed by atoms with Crippen LogP contribution in [0.4, 0.5) is 5.69 Å². The number of sulfonamides is 1. The van der Waals surface area contributed by atoms with Crippen LogP contribution in [0.1, 0.15) is 5.56 Å². The van der Waals surface area contributed by atoms with Crippen molar-refractivity contribution < 1.29 is 8.42 Å². The smallest absolute Gasteiger partial charge is 0.271 e. The number of hydrogen-bond acceptors (Lipinski definition) is 4. The van der Waals surface area contributed by atoms with Gasteiger partial charge in [0.05, 0.1) is 15.0 Å². The highest BCUT2D eigenvalue weighted by Crippen LogP contribution is 2.30. The summed E-state index contributed by atoms with van der Waals surface area (Å²) in [5.41, 5.74) is 6.28. The van der Waals surface area contributed by atoms with Crippen molar-refractivity contribution in [2.24, 2.45) is 5.73 Å². The molecule has 3 N–H and O–H groups in total. The summed E-state index contributed by atoms with van der Waals surface area (Å²) < 4.78 is 27.1. The molecule has 1 aromatic heterocycles. The van der Waals surface area contributed by atoms with Crippen LogP contribution in [0.3, 0.4) is 0 Å². The minimum absolute atomic E-state index is 0.108. The molecule has 1 heterocycles. The van der Waals surface area contributed by atoms with Crippen LogP contribution in [0.2, 0.25) is 9.36 Å². The first-order chi connectivity index (χ1) is 9.29. The summed E-state index contributed by atoms with van der Waals surface area (Å²) in [7, 11) is -3.71. The van der Waals surface area contributed by atoms with E-state index in [1.54, 1.807) is 6.07 Å². The molecule has 1 aromatic carbocycles. The van der Waals surface area contributed by atoms with E-state index in [0.717, 1.165) is 11.3 Å². The highest BCUT2D eigenvalue weighted by Gasteiger charge is 2.18. The van der Waals surface area contributed by atoms with Gasteiger partial charge in [-0.3, -0.25) is 4.72 Å². The van der Waals surface area contributed by atoms with E-state index >= 15 is 0 Å². The first-order valence-electron chi connectivity index (χ1n) is 5.17. The maximum atomic E-state index is 12.1. The maximum Gasteiger partial charge on any atom is 0.271 e. The first-order valence-corrected chi connectivity index (χ1v) is 8.63. The number of benzene rings is 1. The number of thiocarbonyl (C=S) groups is 1. The van der Waals surface area contributed by atoms with Gasteiger partial charge in [0.1, 0.15) is 9.20 Å². The van der Waals surface area contributed by atoms with Gasteiger partial charge in [-0.25, -0.2) is 8.42 Å². The van der Waals surface area contributed by atoms with Crippen molar-refractivity contribution in [1.82, 2.24) is 0 Å². The maximum absolute atomic E-state index is 12.1. The summed E-state index contributed by atoms with van der Waals surface area (Å²) in [6, 6.07) is 7.53. The molecule has 20 heavy (non-hydrogen) atoms. The fourth-order valence-corrected chi connectivity index (χ4v) is 4.36. The van der Waals surface area contributed by atoms with E-state index in [9.17, 15) is 8.42 Å². The predicted molar refractivity (Wildman–Crippen MR) is 87.5 cm³/mol. The van der Waals surface area contributed by atoms with Gasteiger partial charge in [0.2, 0.25) is 0 Å². The highest BCUT2D eigenvalue weighted by atomic mass is 35.5. The lowest BCUT2D eigenvalue weighted by Gasteiger charge is -2.09. The van der Waals surface area contributed by atoms with Crippen molar-refractivity contribution in [2.45, 2.75) is 4.21 Å². The highest BCUT2D eigenvalue weighted by molar-refractivity contribution is 7.94. The van der Waals surface area contributed by atoms with Gasteiger partial charge >= 0.3 is 0 Å². The van der Waals surface area contributed by atoms with Gasteiger partial charge in [-0.05, 0) is 30.3 Å². The topological polar surface area (TPSA) is 72.2 Å². The molecule has 0 spiro atoms. The normalized spacial score (nSPS) is 11.3. The van der Waals surface area contributed by atoms with Crippen molar-refractivity contribution in [2.75, 3.05) is 4.72 Å². The van der Waals surface area contributed by atoms with Gasteiger partial charge in [-0.1, -0.05) is 35.4 Å². The third-order valence-electron chi connectivity index (χ3n) is 2.31. The monoisotopic (exact) mass is 366 g/mol. The number of nitrogens with one attached hydrogen (secondary N) is 1. The molecule has 0 aliphatic heterocycles. The van der Waals surface area contributed by atoms with E-state index in [4.69, 9.17) is 41.2 Å². The van der Waals surface area contributed by atoms with E-state index in [-0.39, 0.29) is 19.9 Å². The summed E-state index contributed by atoms with van der Waals surface area (Å²) >= 11 is 17.5. The number of thiophene rings is 1. The molecular formula is C11H8Cl2N2O2S3. The van der Waals surface area contributed by atoms with E-state index < -0.39 is 10.0 Å². The molecule has 0 radical (unpaired) electrons. The largest absolute Gasteiger partial charge is 0.389 e. The van der Waals surface area contributed by atoms with Crippen LogP contribution < -0.4 is 10.5 Å². The Kier molecular flexibility index (Phi) is 4.55. The Morgan fingerprint density at radius 1 is 1.25 bits per heavy atom. The molecule has 4 nitrogen and oxygen atoms in total. The molecule has 2 aromatic rings. The Balaban J connectivity index is 2.32. The van der Waals surface area contributed by atoms with Gasteiger partial charge in [0.15, 0.2) is 0 Å². The Morgan fingerprint density at radius 2 is 1.95 bits per heavy atom. The summed E-state index contributed by atoms with van der Waals surface area (Å²) in [5.74, 6) is 0. The average Bonchev–Trinajstić information content (AvgIpc) is 2.79. The Bertz CT molecular complexity index is 772. The third-order valence-corrected chi connectivity index (χ3v) is 5.95. The number of nitrogens with two attached hydrogens (primary N) is 1. The molecular weight excluding hydrogens is 359 g/mol. The molecule has 0 saturated carbocycles. The first kappa shape index (κ1) is 15.5. The quantitative estimate of drug-likeness (QED) is 0.812. The van der Waals surface area contributed by atoms with Crippen LogP contribution in [-0.4, -0.2) is 13.4 Å². The van der Waals surface area contributed by atoms with Gasteiger partial charge in [0.25, 0.3) is 10.0 Å². The van der Waals surface area contributed by atoms with E-state index in [0.29, 0.717) is 9.90 Å². The molecule has 9 heteroatoms. The third kappa shape index (κ3) is 3.42. The number of hydrogen-bond donors (Lipinski definition) is 2. The van der Waals surface area contributed by atoms with Crippen LogP contribution in [0.15, 0.2) is 34.5 Å². The van der Waals surface area contributed by atoms with Crippen molar-refractivity contribution in [3.8, 4) is 0 Å². The van der Waals surface area contributed by atoms with Crippen molar-refractivity contribution in [3.63, 3.8) is 0 Å². The average molecular weight is 367 g/mol. The fourth-order valence-electron chi connectivity index (χ4n) is 1.39. The van der Waals surface area contributed by atoms with Crippen molar-refractivity contribution in [3.05, 3.63) is 45.3 Å². The molecule has 0 fully saturated rings. The van der Waals surface area contributed by atoms with Crippen LogP contribution in [0, 0.1) is 0 Å². The Hall–Kier alpha value is -0.860. The summed E-state index contributed by atoms with van der Waals surface area (Å²) in [6.07, 6.45) is 0. The molecule has 0 unspecified atom stereocenters. The molecule has 0 aliphatic rings. The lowest BCUT2D eigenvalue weighted by molar-refractivity contribution is 0.603. The zero-order chi connectivity index (χ0) is 14.9. The Labute approximate surface area is 135 Å². The number of rotatable bonds is 4. The molecule has 106 valence electrons. The second-order valence-electron chi connectivity index (χ2n) is 3.72. The zero-order valence-corrected chi connectivity index (χ0v) is 13.7. The molecule has 0 aliphatic carbocycles. The molecule has 2 rings (SSSR count). The predicted octanol–water partition coefficient (Wildman–Crippen LogP) is 3.49. The molecule has 0 amide bonds. The van der Waals surface area contributed by atoms with Crippen LogP contribution in [0.5, 0.6) is 0 Å². The van der Waals surface area contributed by atoms with Crippen LogP contribution in [-0.2, 0) is 10.0 Å². The van der Waals surface area contributed by atoms with Crippen molar-refractivity contribution in [1.29, 1.82) is 0 Å². The number of anilines is 1. The van der Waals surface area contributed by atoms with E-state index in [1.165, 1.54) is 24.3 Å². The minimum atomic E-state index is -3.71. The molecule has 0 saturated heterocycles. The minimum Gasteiger partial charge on any atom is -0.389 e. The second-order valence-corrected chi connectivity index (χ2v) is 8.19. The standard InChI is InChI=1S/C11H8Cl2N2O2S3/c12-7-5-6(11(14)18)1-2-8(7)15-20(16,17)10-4-3-9(13)19-10/h1-5,15H,(H2,14,18). The Morgan fingerprint density at radius 3 is 2.45 bits per heavy atom. The summed E-state index contributed by atoms with van der Waals surface area (Å²) in [4.78, 5) is 0.186. The fraction of sp³-hybridized carbons (Fsp3) is 0. The van der Waals surface area contributed by atoms with E-state index in [1.807, 2.05) is 0 Å². The van der Waals surface area contributed by atoms with E-state index in [2.05, 4.69) is 4.72 Å². The SMILES string of the molecule is NC(=S)c1ccc(NS(=O)(=O)c2ccc(Cl)s2)c(Cl)c1. The lowest BCUT2D eigenvalue weighted by atomic mass is 10.2. The lowest BCUT2D eigenvalue weighted by Crippen LogP contribution is -2.13. The number of halogens is 2. The zero-order valence-electron chi connectivity index (χ0n) is 9.76. The molecule has 0 atom stereocenters. The molecule has 0 bridgehead atoms. The van der Waals surface area contributed by atoms with Crippen LogP contribution >= 0.6 is 46.8 Å². The van der Waals surface area contributed by atoms with Gasteiger partial charge in [-0.15, -0.1) is 11.3 Å². The van der Waals surface area contributed by atoms with Crippen molar-refractivity contribution >= 4 is 67.5 Å². The van der Waals surface area contributed by atoms with Crippen LogP contribution in [0.25, 0.3) is 0 Å². The van der Waals surface area contributed by atoms with Gasteiger partial charge in [-0.2, -0.15) is 0 Å². The summed E-state index contributed by atoms with van der Waals surface area (Å²) in [5, 5.41) is 0.210. The van der Waals surface area contributed by atoms with Gasteiger partial charge < -0.3 is 5.73 Å². The van der Waals surface area contributed by atoms with Gasteiger partial charge in [0, 0.05) is 5.56 Å². The second kappa shape index (κ2) is 5.87. The summed E-state index contributed by atoms with van der Waals surface area (Å²) in [6.45, 7) is 0.